The van der Waals surface area contributed by atoms with Gasteiger partial charge in [-0.05, 0) is 36.8 Å². The van der Waals surface area contributed by atoms with E-state index in [1.54, 1.807) is 30.5 Å². The fourth-order valence-corrected chi connectivity index (χ4v) is 3.72. The first-order valence-electron chi connectivity index (χ1n) is 8.96. The van der Waals surface area contributed by atoms with Crippen LogP contribution in [0.25, 0.3) is 0 Å². The highest BCUT2D eigenvalue weighted by molar-refractivity contribution is 6.12. The lowest BCUT2D eigenvalue weighted by molar-refractivity contribution is 0.0691. The molecule has 1 aromatic heterocycles. The Bertz CT molecular complexity index is 1060. The molecule has 142 valence electrons. The Balaban J connectivity index is 1.96. The van der Waals surface area contributed by atoms with E-state index in [0.29, 0.717) is 18.2 Å². The number of halogens is 1. The number of aromatic nitrogens is 2. The summed E-state index contributed by atoms with van der Waals surface area (Å²) in [5.41, 5.74) is 1.40. The van der Waals surface area contributed by atoms with Gasteiger partial charge in [-0.25, -0.2) is 14.2 Å². The van der Waals surface area contributed by atoms with Crippen molar-refractivity contribution in [2.24, 2.45) is 0 Å². The van der Waals surface area contributed by atoms with E-state index in [-0.39, 0.29) is 29.1 Å². The van der Waals surface area contributed by atoms with Crippen molar-refractivity contribution in [3.63, 3.8) is 0 Å². The van der Waals surface area contributed by atoms with Crippen molar-refractivity contribution in [2.45, 2.75) is 25.9 Å². The summed E-state index contributed by atoms with van der Waals surface area (Å²) in [7, 11) is 0. The molecule has 6 nitrogen and oxygen atoms in total. The van der Waals surface area contributed by atoms with Crippen LogP contribution in [0.1, 0.15) is 45.7 Å². The van der Waals surface area contributed by atoms with Gasteiger partial charge in [0.2, 0.25) is 5.95 Å². The van der Waals surface area contributed by atoms with Gasteiger partial charge in [-0.1, -0.05) is 18.2 Å². The molecule has 28 heavy (non-hydrogen) atoms. The molecule has 0 amide bonds. The predicted octanol–water partition coefficient (Wildman–Crippen LogP) is 4.21. The minimum atomic E-state index is -1.15. The number of carboxylic acid groups (broad SMARTS) is 1. The third kappa shape index (κ3) is 2.85. The number of aryl methyl sites for hydroxylation is 1. The lowest BCUT2D eigenvalue weighted by Crippen LogP contribution is -2.35. The molecule has 1 N–H and O–H groups in total. The minimum absolute atomic E-state index is 0.0281. The van der Waals surface area contributed by atoms with Crippen LogP contribution < -0.4 is 4.90 Å². The SMILES string of the molecule is CCn1ccnc1N1c2cccc(C(=O)O)c2C(=O)CC1c1ccc(F)cc1. The molecule has 0 radical (unpaired) electrons. The van der Waals surface area contributed by atoms with E-state index in [1.807, 2.05) is 22.6 Å². The molecule has 0 fully saturated rings. The quantitative estimate of drug-likeness (QED) is 0.735. The van der Waals surface area contributed by atoms with Crippen molar-refractivity contribution in [1.82, 2.24) is 9.55 Å². The first-order chi connectivity index (χ1) is 13.5. The van der Waals surface area contributed by atoms with Crippen molar-refractivity contribution < 1.29 is 19.1 Å². The van der Waals surface area contributed by atoms with E-state index in [0.717, 1.165) is 5.56 Å². The number of carbonyl (C=O) groups excluding carboxylic acids is 1. The summed E-state index contributed by atoms with van der Waals surface area (Å²) in [6.07, 6.45) is 3.56. The van der Waals surface area contributed by atoms with E-state index in [2.05, 4.69) is 4.98 Å². The summed E-state index contributed by atoms with van der Waals surface area (Å²) < 4.78 is 15.4. The predicted molar refractivity (Wildman–Crippen MR) is 102 cm³/mol. The Labute approximate surface area is 160 Å². The summed E-state index contributed by atoms with van der Waals surface area (Å²) in [4.78, 5) is 31.0. The molecule has 1 atom stereocenters. The first kappa shape index (κ1) is 17.9. The second-order valence-corrected chi connectivity index (χ2v) is 6.58. The Kier molecular flexibility index (Phi) is 4.43. The van der Waals surface area contributed by atoms with Gasteiger partial charge >= 0.3 is 5.97 Å². The Morgan fingerprint density at radius 1 is 1.25 bits per heavy atom. The lowest BCUT2D eigenvalue weighted by Gasteiger charge is -2.38. The van der Waals surface area contributed by atoms with E-state index >= 15 is 0 Å². The Morgan fingerprint density at radius 2 is 2.00 bits per heavy atom. The van der Waals surface area contributed by atoms with Gasteiger partial charge < -0.3 is 14.6 Å². The zero-order chi connectivity index (χ0) is 19.8. The first-order valence-corrected chi connectivity index (χ1v) is 8.96. The zero-order valence-electron chi connectivity index (χ0n) is 15.2. The fraction of sp³-hybridized carbons (Fsp3) is 0.190. The number of Topliss-reactive ketones (excluding diaryl/α,β-unsaturated/α-hetero) is 1. The number of carbonyl (C=O) groups is 2. The number of hydrogen-bond donors (Lipinski definition) is 1. The summed E-state index contributed by atoms with van der Waals surface area (Å²) in [6, 6.07) is 10.4. The van der Waals surface area contributed by atoms with Crippen molar-refractivity contribution in [3.8, 4) is 0 Å². The second-order valence-electron chi connectivity index (χ2n) is 6.58. The van der Waals surface area contributed by atoms with Crippen LogP contribution in [-0.4, -0.2) is 26.4 Å². The molecule has 7 heteroatoms. The fourth-order valence-electron chi connectivity index (χ4n) is 3.72. The molecule has 0 spiro atoms. The minimum Gasteiger partial charge on any atom is -0.478 e. The van der Waals surface area contributed by atoms with Crippen molar-refractivity contribution in [3.05, 3.63) is 77.4 Å². The van der Waals surface area contributed by atoms with E-state index < -0.39 is 12.0 Å². The number of fused-ring (bicyclic) bond motifs is 1. The summed E-state index contributed by atoms with van der Waals surface area (Å²) >= 11 is 0. The molecule has 4 rings (SSSR count). The number of nitrogens with zero attached hydrogens (tertiary/aromatic N) is 3. The standard InChI is InChI=1S/C21H18FN3O3/c1-2-24-11-10-23-21(24)25-16-5-3-4-15(20(27)28)19(16)18(26)12-17(25)13-6-8-14(22)9-7-13/h3-11,17H,2,12H2,1H3,(H,27,28). The van der Waals surface area contributed by atoms with Crippen molar-refractivity contribution in [2.75, 3.05) is 4.90 Å². The van der Waals surface area contributed by atoms with Crippen LogP contribution in [0, 0.1) is 5.82 Å². The number of rotatable bonds is 4. The smallest absolute Gasteiger partial charge is 0.336 e. The van der Waals surface area contributed by atoms with Gasteiger partial charge in [-0.2, -0.15) is 0 Å². The van der Waals surface area contributed by atoms with E-state index in [4.69, 9.17) is 0 Å². The van der Waals surface area contributed by atoms with Crippen LogP contribution in [-0.2, 0) is 6.54 Å². The molecule has 0 saturated heterocycles. The van der Waals surface area contributed by atoms with E-state index in [1.165, 1.54) is 18.2 Å². The lowest BCUT2D eigenvalue weighted by atomic mass is 9.88. The number of anilines is 2. The van der Waals surface area contributed by atoms with Crippen LogP contribution in [0.4, 0.5) is 16.0 Å². The molecule has 1 aliphatic heterocycles. The third-order valence-corrected chi connectivity index (χ3v) is 5.01. The number of imidazole rings is 1. The number of benzene rings is 2. The number of carboxylic acids is 1. The average Bonchev–Trinajstić information content (AvgIpc) is 3.16. The summed E-state index contributed by atoms with van der Waals surface area (Å²) in [6.45, 7) is 2.63. The normalized spacial score (nSPS) is 16.1. The highest BCUT2D eigenvalue weighted by atomic mass is 19.1. The van der Waals surface area contributed by atoms with Gasteiger partial charge in [0.1, 0.15) is 5.82 Å². The molecule has 2 heterocycles. The zero-order valence-corrected chi connectivity index (χ0v) is 15.2. The molecule has 0 bridgehead atoms. The second kappa shape index (κ2) is 6.92. The van der Waals surface area contributed by atoms with Gasteiger partial charge in [0.15, 0.2) is 5.78 Å². The maximum atomic E-state index is 13.4. The number of hydrogen-bond acceptors (Lipinski definition) is 4. The number of aromatic carboxylic acids is 1. The molecule has 2 aromatic carbocycles. The molecule has 1 unspecified atom stereocenters. The molecular formula is C21H18FN3O3. The average molecular weight is 379 g/mol. The van der Waals surface area contributed by atoms with Crippen LogP contribution in [0.2, 0.25) is 0 Å². The molecule has 1 aliphatic rings. The van der Waals surface area contributed by atoms with Crippen LogP contribution >= 0.6 is 0 Å². The maximum Gasteiger partial charge on any atom is 0.336 e. The highest BCUT2D eigenvalue weighted by Gasteiger charge is 2.37. The maximum absolute atomic E-state index is 13.4. The molecule has 3 aromatic rings. The van der Waals surface area contributed by atoms with Gasteiger partial charge in [0.25, 0.3) is 0 Å². The molecular weight excluding hydrogens is 361 g/mol. The molecule has 0 saturated carbocycles. The van der Waals surface area contributed by atoms with Crippen LogP contribution in [0.15, 0.2) is 54.9 Å². The monoisotopic (exact) mass is 379 g/mol. The van der Waals surface area contributed by atoms with Crippen molar-refractivity contribution in [1.29, 1.82) is 0 Å². The summed E-state index contributed by atoms with van der Waals surface area (Å²) in [5.74, 6) is -1.16. The van der Waals surface area contributed by atoms with Crippen LogP contribution in [0.5, 0.6) is 0 Å². The van der Waals surface area contributed by atoms with Crippen LogP contribution in [0.3, 0.4) is 0 Å². The van der Waals surface area contributed by atoms with E-state index in [9.17, 15) is 19.1 Å². The third-order valence-electron chi connectivity index (χ3n) is 5.01. The highest BCUT2D eigenvalue weighted by Crippen LogP contribution is 2.44. The van der Waals surface area contributed by atoms with Gasteiger partial charge in [-0.3, -0.25) is 4.79 Å². The topological polar surface area (TPSA) is 75.4 Å². The van der Waals surface area contributed by atoms with Gasteiger partial charge in [-0.15, -0.1) is 0 Å². The molecule has 0 aliphatic carbocycles. The number of ketones is 1. The van der Waals surface area contributed by atoms with Crippen molar-refractivity contribution >= 4 is 23.4 Å². The largest absolute Gasteiger partial charge is 0.478 e. The van der Waals surface area contributed by atoms with Gasteiger partial charge in [0.05, 0.1) is 22.9 Å². The Morgan fingerprint density at radius 3 is 2.68 bits per heavy atom. The van der Waals surface area contributed by atoms with Gasteiger partial charge in [0, 0.05) is 25.4 Å². The Hall–Kier alpha value is -3.48. The summed E-state index contributed by atoms with van der Waals surface area (Å²) in [5, 5.41) is 9.56.